The zero-order chi connectivity index (χ0) is 13.2. The third-order valence-corrected chi connectivity index (χ3v) is 3.64. The smallest absolute Gasteiger partial charge is 0.250 e. The molecule has 3 nitrogen and oxygen atoms in total. The van der Waals surface area contributed by atoms with Gasteiger partial charge in [0.1, 0.15) is 0 Å². The Kier molecular flexibility index (Phi) is 2.95. The summed E-state index contributed by atoms with van der Waals surface area (Å²) in [5.41, 5.74) is 9.71. The van der Waals surface area contributed by atoms with E-state index >= 15 is 0 Å². The number of primary amides is 1. The van der Waals surface area contributed by atoms with Crippen LogP contribution in [0.25, 0.3) is 0 Å². The van der Waals surface area contributed by atoms with Crippen molar-refractivity contribution in [2.75, 3.05) is 11.4 Å². The minimum Gasteiger partial charge on any atom is -0.366 e. The first-order chi connectivity index (χ1) is 9.25. The Morgan fingerprint density at radius 3 is 2.47 bits per heavy atom. The number of nitrogens with zero attached hydrogens (tertiary/aromatic N) is 1. The monoisotopic (exact) mass is 252 g/mol. The van der Waals surface area contributed by atoms with Gasteiger partial charge in [-0.05, 0) is 29.7 Å². The molecule has 1 aliphatic rings. The molecule has 2 N–H and O–H groups in total. The van der Waals surface area contributed by atoms with E-state index in [1.54, 1.807) is 6.07 Å². The summed E-state index contributed by atoms with van der Waals surface area (Å²) < 4.78 is 0. The zero-order valence-corrected chi connectivity index (χ0v) is 10.7. The average molecular weight is 252 g/mol. The average Bonchev–Trinajstić information content (AvgIpc) is 2.46. The van der Waals surface area contributed by atoms with Crippen LogP contribution < -0.4 is 10.6 Å². The Hall–Kier alpha value is -2.29. The summed E-state index contributed by atoms with van der Waals surface area (Å²) >= 11 is 0. The number of carbonyl (C=O) groups excluding carboxylic acids is 1. The molecule has 0 radical (unpaired) electrons. The number of anilines is 1. The summed E-state index contributed by atoms with van der Waals surface area (Å²) in [6.45, 7) is 1.75. The van der Waals surface area contributed by atoms with Crippen LogP contribution in [0.1, 0.15) is 21.5 Å². The molecule has 0 saturated heterocycles. The fourth-order valence-corrected chi connectivity index (χ4v) is 2.66. The summed E-state index contributed by atoms with van der Waals surface area (Å²) in [5, 5.41) is 0. The van der Waals surface area contributed by atoms with Gasteiger partial charge in [-0.1, -0.05) is 36.4 Å². The Bertz CT molecular complexity index is 622. The van der Waals surface area contributed by atoms with Crippen LogP contribution in [0.3, 0.4) is 0 Å². The van der Waals surface area contributed by atoms with E-state index in [1.165, 1.54) is 11.1 Å². The quantitative estimate of drug-likeness (QED) is 0.891. The number of hydrogen-bond acceptors (Lipinski definition) is 2. The molecule has 3 rings (SSSR count). The standard InChI is InChI=1S/C16H16N2O/c17-16(19)14-7-3-4-8-15(14)18-10-9-12-5-1-2-6-13(12)11-18/h1-8H,9-11H2,(H2,17,19). The fraction of sp³-hybridized carbons (Fsp3) is 0.188. The summed E-state index contributed by atoms with van der Waals surface area (Å²) in [5.74, 6) is -0.366. The molecular formula is C16H16N2O. The molecule has 2 aromatic rings. The first-order valence-electron chi connectivity index (χ1n) is 6.46. The molecule has 0 atom stereocenters. The van der Waals surface area contributed by atoms with Crippen LogP contribution in [0.4, 0.5) is 5.69 Å². The van der Waals surface area contributed by atoms with Crippen LogP contribution >= 0.6 is 0 Å². The molecule has 1 heterocycles. The van der Waals surface area contributed by atoms with Crippen molar-refractivity contribution in [3.05, 3.63) is 65.2 Å². The van der Waals surface area contributed by atoms with Crippen molar-refractivity contribution < 1.29 is 4.79 Å². The molecule has 1 amide bonds. The van der Waals surface area contributed by atoms with Gasteiger partial charge in [0.15, 0.2) is 0 Å². The lowest BCUT2D eigenvalue weighted by atomic mass is 9.98. The number of benzene rings is 2. The molecule has 96 valence electrons. The van der Waals surface area contributed by atoms with Gasteiger partial charge in [-0.3, -0.25) is 4.79 Å². The van der Waals surface area contributed by atoms with Crippen molar-refractivity contribution in [3.63, 3.8) is 0 Å². The minimum atomic E-state index is -0.366. The van der Waals surface area contributed by atoms with Gasteiger partial charge in [0, 0.05) is 18.8 Å². The molecule has 0 fully saturated rings. The van der Waals surface area contributed by atoms with Gasteiger partial charge in [0.05, 0.1) is 5.56 Å². The van der Waals surface area contributed by atoms with Crippen molar-refractivity contribution >= 4 is 11.6 Å². The molecular weight excluding hydrogens is 236 g/mol. The van der Waals surface area contributed by atoms with E-state index in [2.05, 4.69) is 29.2 Å². The van der Waals surface area contributed by atoms with Gasteiger partial charge in [0.2, 0.25) is 0 Å². The lowest BCUT2D eigenvalue weighted by molar-refractivity contribution is 0.100. The maximum Gasteiger partial charge on any atom is 0.250 e. The lowest BCUT2D eigenvalue weighted by Crippen LogP contribution is -2.32. The first kappa shape index (κ1) is 11.8. The number of rotatable bonds is 2. The normalized spacial score (nSPS) is 14.0. The third kappa shape index (κ3) is 2.19. The van der Waals surface area contributed by atoms with Gasteiger partial charge in [0.25, 0.3) is 5.91 Å². The van der Waals surface area contributed by atoms with Crippen molar-refractivity contribution in [2.45, 2.75) is 13.0 Å². The van der Waals surface area contributed by atoms with E-state index in [-0.39, 0.29) is 5.91 Å². The van der Waals surface area contributed by atoms with E-state index < -0.39 is 0 Å². The van der Waals surface area contributed by atoms with Crippen molar-refractivity contribution in [1.82, 2.24) is 0 Å². The Labute approximate surface area is 112 Å². The molecule has 3 heteroatoms. The Morgan fingerprint density at radius 2 is 1.68 bits per heavy atom. The second kappa shape index (κ2) is 4.76. The minimum absolute atomic E-state index is 0.366. The molecule has 0 unspecified atom stereocenters. The number of hydrogen-bond donors (Lipinski definition) is 1. The highest BCUT2D eigenvalue weighted by molar-refractivity contribution is 5.98. The van der Waals surface area contributed by atoms with E-state index in [0.29, 0.717) is 5.56 Å². The molecule has 0 bridgehead atoms. The summed E-state index contributed by atoms with van der Waals surface area (Å²) in [7, 11) is 0. The van der Waals surface area contributed by atoms with Crippen LogP contribution in [0.2, 0.25) is 0 Å². The summed E-state index contributed by atoms with van der Waals surface area (Å²) in [6, 6.07) is 16.0. The third-order valence-electron chi connectivity index (χ3n) is 3.64. The van der Waals surface area contributed by atoms with Crippen LogP contribution in [0.5, 0.6) is 0 Å². The first-order valence-corrected chi connectivity index (χ1v) is 6.46. The van der Waals surface area contributed by atoms with Gasteiger partial charge in [-0.2, -0.15) is 0 Å². The van der Waals surface area contributed by atoms with E-state index in [4.69, 9.17) is 5.73 Å². The van der Waals surface area contributed by atoms with Crippen LogP contribution in [0.15, 0.2) is 48.5 Å². The van der Waals surface area contributed by atoms with Gasteiger partial charge in [-0.15, -0.1) is 0 Å². The lowest BCUT2D eigenvalue weighted by Gasteiger charge is -2.31. The topological polar surface area (TPSA) is 46.3 Å². The second-order valence-electron chi connectivity index (χ2n) is 4.82. The number of amides is 1. The van der Waals surface area contributed by atoms with Gasteiger partial charge >= 0.3 is 0 Å². The Morgan fingerprint density at radius 1 is 1.00 bits per heavy atom. The predicted octanol–water partition coefficient (Wildman–Crippen LogP) is 2.35. The maximum absolute atomic E-state index is 11.5. The molecule has 1 aliphatic heterocycles. The molecule has 0 spiro atoms. The van der Waals surface area contributed by atoms with E-state index in [9.17, 15) is 4.79 Å². The van der Waals surface area contributed by atoms with Crippen molar-refractivity contribution in [3.8, 4) is 0 Å². The highest BCUT2D eigenvalue weighted by atomic mass is 16.1. The van der Waals surface area contributed by atoms with Crippen LogP contribution in [-0.4, -0.2) is 12.5 Å². The molecule has 2 aromatic carbocycles. The summed E-state index contributed by atoms with van der Waals surface area (Å²) in [6.07, 6.45) is 1.00. The molecule has 0 aromatic heterocycles. The van der Waals surface area contributed by atoms with Gasteiger partial charge in [-0.25, -0.2) is 0 Å². The van der Waals surface area contributed by atoms with Crippen LogP contribution in [-0.2, 0) is 13.0 Å². The highest BCUT2D eigenvalue weighted by Crippen LogP contribution is 2.26. The number of fused-ring (bicyclic) bond motifs is 1. The van der Waals surface area contributed by atoms with Crippen molar-refractivity contribution in [2.24, 2.45) is 5.73 Å². The maximum atomic E-state index is 11.5. The molecule has 0 aliphatic carbocycles. The largest absolute Gasteiger partial charge is 0.366 e. The number of carbonyl (C=O) groups is 1. The van der Waals surface area contributed by atoms with E-state index in [0.717, 1.165) is 25.2 Å². The molecule has 19 heavy (non-hydrogen) atoms. The number of nitrogens with two attached hydrogens (primary N) is 1. The number of para-hydroxylation sites is 1. The molecule has 0 saturated carbocycles. The second-order valence-corrected chi connectivity index (χ2v) is 4.82. The predicted molar refractivity (Wildman–Crippen MR) is 76.2 cm³/mol. The zero-order valence-electron chi connectivity index (χ0n) is 10.7. The highest BCUT2D eigenvalue weighted by Gasteiger charge is 2.19. The van der Waals surface area contributed by atoms with Crippen LogP contribution in [0, 0.1) is 0 Å². The van der Waals surface area contributed by atoms with Gasteiger partial charge < -0.3 is 10.6 Å². The fourth-order valence-electron chi connectivity index (χ4n) is 2.66. The Balaban J connectivity index is 1.95. The SMILES string of the molecule is NC(=O)c1ccccc1N1CCc2ccccc2C1. The van der Waals surface area contributed by atoms with E-state index in [1.807, 2.05) is 18.2 Å². The van der Waals surface area contributed by atoms with Crippen molar-refractivity contribution in [1.29, 1.82) is 0 Å². The summed E-state index contributed by atoms with van der Waals surface area (Å²) in [4.78, 5) is 13.7.